The van der Waals surface area contributed by atoms with Crippen LogP contribution in [0.4, 0.5) is 5.69 Å². The van der Waals surface area contributed by atoms with Crippen molar-refractivity contribution in [2.24, 2.45) is 4.99 Å². The molecule has 0 aliphatic carbocycles. The van der Waals surface area contributed by atoms with E-state index in [0.717, 1.165) is 0 Å². The summed E-state index contributed by atoms with van der Waals surface area (Å²) in [5.41, 5.74) is 1.27. The minimum atomic E-state index is -0.392. The fraction of sp³-hybridized carbons (Fsp3) is 0. The highest BCUT2D eigenvalue weighted by Crippen LogP contribution is 2.29. The number of aromatic hydroxyl groups is 2. The van der Waals surface area contributed by atoms with Crippen molar-refractivity contribution in [3.8, 4) is 17.2 Å². The van der Waals surface area contributed by atoms with Gasteiger partial charge in [0.15, 0.2) is 0 Å². The van der Waals surface area contributed by atoms with Crippen LogP contribution in [0.1, 0.15) is 5.56 Å². The Kier molecular flexibility index (Phi) is 4.18. The van der Waals surface area contributed by atoms with Gasteiger partial charge in [-0.05, 0) is 36.4 Å². The fourth-order valence-electron chi connectivity index (χ4n) is 3.00. The first-order chi connectivity index (χ1) is 13.2. The van der Waals surface area contributed by atoms with Gasteiger partial charge in [-0.2, -0.15) is 0 Å². The average molecular weight is 356 g/mol. The van der Waals surface area contributed by atoms with E-state index in [9.17, 15) is 15.0 Å². The molecule has 0 aliphatic heterocycles. The molecule has 1 heterocycles. The molecule has 0 saturated heterocycles. The van der Waals surface area contributed by atoms with Crippen molar-refractivity contribution in [2.75, 3.05) is 0 Å². The topological polar surface area (TPSA) is 74.8 Å². The molecule has 27 heavy (non-hydrogen) atoms. The van der Waals surface area contributed by atoms with Crippen LogP contribution in [0.2, 0.25) is 0 Å². The molecule has 4 rings (SSSR count). The van der Waals surface area contributed by atoms with E-state index in [4.69, 9.17) is 0 Å². The van der Waals surface area contributed by atoms with Crippen LogP contribution in [0.5, 0.6) is 11.5 Å². The molecule has 0 aliphatic rings. The number of hydrogen-bond donors (Lipinski definition) is 2. The summed E-state index contributed by atoms with van der Waals surface area (Å²) in [7, 11) is 0. The molecule has 3 aromatic carbocycles. The molecule has 0 saturated carbocycles. The van der Waals surface area contributed by atoms with Crippen LogP contribution < -0.4 is 5.56 Å². The van der Waals surface area contributed by atoms with E-state index < -0.39 is 5.56 Å². The lowest BCUT2D eigenvalue weighted by atomic mass is 10.1. The Morgan fingerprint density at radius 2 is 1.48 bits per heavy atom. The number of para-hydroxylation sites is 4. The zero-order valence-corrected chi connectivity index (χ0v) is 14.3. The first-order valence-electron chi connectivity index (χ1n) is 8.41. The van der Waals surface area contributed by atoms with Gasteiger partial charge in [0, 0.05) is 17.3 Å². The van der Waals surface area contributed by atoms with Crippen LogP contribution in [0.15, 0.2) is 88.6 Å². The Morgan fingerprint density at radius 1 is 0.815 bits per heavy atom. The maximum absolute atomic E-state index is 13.2. The normalized spacial score (nSPS) is 11.3. The zero-order valence-electron chi connectivity index (χ0n) is 14.3. The number of phenols is 1. The third-order valence-corrected chi connectivity index (χ3v) is 4.32. The molecule has 0 radical (unpaired) electrons. The van der Waals surface area contributed by atoms with Crippen LogP contribution in [-0.4, -0.2) is 21.0 Å². The van der Waals surface area contributed by atoms with Gasteiger partial charge >= 0.3 is 0 Å². The van der Waals surface area contributed by atoms with Crippen molar-refractivity contribution in [1.29, 1.82) is 0 Å². The molecular formula is C22H16N2O3. The van der Waals surface area contributed by atoms with Crippen LogP contribution in [-0.2, 0) is 0 Å². The van der Waals surface area contributed by atoms with E-state index in [0.29, 0.717) is 22.3 Å². The SMILES string of the molecule is O=c1c(C=Nc2ccccc2O)c(O)c2ccccc2n1-c1ccccc1. The predicted molar refractivity (Wildman–Crippen MR) is 107 cm³/mol. The Balaban J connectivity index is 1.99. The lowest BCUT2D eigenvalue weighted by Crippen LogP contribution is -2.22. The Labute approximate surface area is 155 Å². The molecule has 0 spiro atoms. The zero-order chi connectivity index (χ0) is 18.8. The quantitative estimate of drug-likeness (QED) is 0.542. The maximum Gasteiger partial charge on any atom is 0.268 e. The predicted octanol–water partition coefficient (Wildman–Crippen LogP) is 4.15. The van der Waals surface area contributed by atoms with Crippen molar-refractivity contribution in [2.45, 2.75) is 0 Å². The number of hydrogen-bond acceptors (Lipinski definition) is 4. The number of rotatable bonds is 3. The van der Waals surface area contributed by atoms with E-state index >= 15 is 0 Å². The maximum atomic E-state index is 13.2. The molecule has 5 nitrogen and oxygen atoms in total. The van der Waals surface area contributed by atoms with Crippen molar-refractivity contribution in [1.82, 2.24) is 4.57 Å². The summed E-state index contributed by atoms with van der Waals surface area (Å²) in [5.74, 6) is -0.139. The van der Waals surface area contributed by atoms with Crippen LogP contribution in [0.3, 0.4) is 0 Å². The van der Waals surface area contributed by atoms with Crippen LogP contribution in [0.25, 0.3) is 16.6 Å². The fourth-order valence-corrected chi connectivity index (χ4v) is 3.00. The largest absolute Gasteiger partial charge is 0.506 e. The summed E-state index contributed by atoms with van der Waals surface area (Å²) in [6, 6.07) is 22.9. The second kappa shape index (κ2) is 6.80. The van der Waals surface area contributed by atoms with Crippen LogP contribution in [0, 0.1) is 0 Å². The molecule has 0 bridgehead atoms. The summed E-state index contributed by atoms with van der Waals surface area (Å²) in [4.78, 5) is 17.4. The summed E-state index contributed by atoms with van der Waals surface area (Å²) in [6.07, 6.45) is 1.29. The summed E-state index contributed by atoms with van der Waals surface area (Å²) in [5, 5.41) is 21.1. The number of pyridine rings is 1. The lowest BCUT2D eigenvalue weighted by molar-refractivity contribution is 0.476. The van der Waals surface area contributed by atoms with E-state index in [1.807, 2.05) is 36.4 Å². The first-order valence-corrected chi connectivity index (χ1v) is 8.41. The third-order valence-electron chi connectivity index (χ3n) is 4.32. The first kappa shape index (κ1) is 16.6. The monoisotopic (exact) mass is 356 g/mol. The summed E-state index contributed by atoms with van der Waals surface area (Å²) in [6.45, 7) is 0. The van der Waals surface area contributed by atoms with Gasteiger partial charge in [-0.1, -0.05) is 42.5 Å². The molecule has 5 heteroatoms. The molecule has 1 aromatic heterocycles. The number of phenolic OH excluding ortho intramolecular Hbond substituents is 1. The Hall–Kier alpha value is -3.86. The minimum Gasteiger partial charge on any atom is -0.506 e. The molecular weight excluding hydrogens is 340 g/mol. The summed E-state index contributed by atoms with van der Waals surface area (Å²) >= 11 is 0. The highest BCUT2D eigenvalue weighted by atomic mass is 16.3. The average Bonchev–Trinajstić information content (AvgIpc) is 2.70. The van der Waals surface area contributed by atoms with Crippen LogP contribution >= 0.6 is 0 Å². The van der Waals surface area contributed by atoms with E-state index in [1.54, 1.807) is 41.0 Å². The van der Waals surface area contributed by atoms with Gasteiger partial charge in [-0.3, -0.25) is 14.4 Å². The standard InChI is InChI=1S/C22H16N2O3/c25-20-13-7-5-11-18(20)23-14-17-21(26)16-10-4-6-12-19(16)24(22(17)27)15-8-2-1-3-9-15/h1-14,25-26H. The minimum absolute atomic E-state index is 0.00239. The molecule has 132 valence electrons. The van der Waals surface area contributed by atoms with Crippen molar-refractivity contribution < 1.29 is 10.2 Å². The highest BCUT2D eigenvalue weighted by Gasteiger charge is 2.16. The number of nitrogens with zero attached hydrogens (tertiary/aromatic N) is 2. The molecule has 0 fully saturated rings. The number of benzene rings is 3. The van der Waals surface area contributed by atoms with Gasteiger partial charge in [-0.25, -0.2) is 0 Å². The molecule has 4 aromatic rings. The number of aliphatic imine (C=N–C) groups is 1. The van der Waals surface area contributed by atoms with E-state index in [-0.39, 0.29) is 17.1 Å². The second-order valence-corrected chi connectivity index (χ2v) is 6.00. The smallest absolute Gasteiger partial charge is 0.268 e. The van der Waals surface area contributed by atoms with Crippen molar-refractivity contribution in [3.05, 3.63) is 94.8 Å². The van der Waals surface area contributed by atoms with Gasteiger partial charge in [0.1, 0.15) is 22.7 Å². The van der Waals surface area contributed by atoms with Gasteiger partial charge in [0.2, 0.25) is 0 Å². The molecule has 0 amide bonds. The number of aromatic nitrogens is 1. The van der Waals surface area contributed by atoms with Gasteiger partial charge < -0.3 is 10.2 Å². The van der Waals surface area contributed by atoms with Gasteiger partial charge in [0.25, 0.3) is 5.56 Å². The number of fused-ring (bicyclic) bond motifs is 1. The van der Waals surface area contributed by atoms with Crippen molar-refractivity contribution in [3.63, 3.8) is 0 Å². The van der Waals surface area contributed by atoms with Crippen molar-refractivity contribution >= 4 is 22.8 Å². The second-order valence-electron chi connectivity index (χ2n) is 6.00. The van der Waals surface area contributed by atoms with Gasteiger partial charge in [0.05, 0.1) is 5.52 Å². The van der Waals surface area contributed by atoms with E-state index in [2.05, 4.69) is 4.99 Å². The Bertz CT molecular complexity index is 1210. The lowest BCUT2D eigenvalue weighted by Gasteiger charge is -2.13. The van der Waals surface area contributed by atoms with E-state index in [1.165, 1.54) is 12.3 Å². The highest BCUT2D eigenvalue weighted by molar-refractivity contribution is 5.96. The molecule has 0 unspecified atom stereocenters. The molecule has 0 atom stereocenters. The Morgan fingerprint density at radius 3 is 2.26 bits per heavy atom. The molecule has 2 N–H and O–H groups in total. The third kappa shape index (κ3) is 2.95. The van der Waals surface area contributed by atoms with Gasteiger partial charge in [-0.15, -0.1) is 0 Å². The summed E-state index contributed by atoms with van der Waals surface area (Å²) < 4.78 is 1.54.